The standard InChI is InChI=1S/C15H19BrF3NO/c1-10-2-3-11(6-10)8-20-9-12-4-5-14(13(16)7-12)21-15(17,18)19/h4-5,7,10-11,20H,2-3,6,8-9H2,1H3. The lowest BCUT2D eigenvalue weighted by Crippen LogP contribution is -2.21. The molecule has 2 unspecified atom stereocenters. The summed E-state index contributed by atoms with van der Waals surface area (Å²) in [4.78, 5) is 0. The van der Waals surface area contributed by atoms with Gasteiger partial charge in [0.25, 0.3) is 0 Å². The van der Waals surface area contributed by atoms with Crippen LogP contribution in [-0.4, -0.2) is 12.9 Å². The summed E-state index contributed by atoms with van der Waals surface area (Å²) >= 11 is 3.11. The molecule has 0 saturated heterocycles. The van der Waals surface area contributed by atoms with Crippen LogP contribution in [0.1, 0.15) is 31.7 Å². The summed E-state index contributed by atoms with van der Waals surface area (Å²) in [6.45, 7) is 3.88. The molecule has 21 heavy (non-hydrogen) atoms. The molecule has 1 saturated carbocycles. The van der Waals surface area contributed by atoms with Gasteiger partial charge < -0.3 is 10.1 Å². The van der Waals surface area contributed by atoms with Gasteiger partial charge in [-0.2, -0.15) is 0 Å². The Labute approximate surface area is 131 Å². The Morgan fingerprint density at radius 1 is 1.33 bits per heavy atom. The van der Waals surface area contributed by atoms with Gasteiger partial charge in [0.1, 0.15) is 5.75 Å². The Bertz CT molecular complexity index is 478. The molecule has 118 valence electrons. The van der Waals surface area contributed by atoms with Crippen LogP contribution in [0.3, 0.4) is 0 Å². The first-order valence-electron chi connectivity index (χ1n) is 7.08. The van der Waals surface area contributed by atoms with Crippen LogP contribution >= 0.6 is 15.9 Å². The highest BCUT2D eigenvalue weighted by atomic mass is 79.9. The largest absolute Gasteiger partial charge is 0.573 e. The predicted octanol–water partition coefficient (Wildman–Crippen LogP) is 4.87. The summed E-state index contributed by atoms with van der Waals surface area (Å²) in [5.74, 6) is 1.32. The van der Waals surface area contributed by atoms with E-state index in [9.17, 15) is 13.2 Å². The number of hydrogen-bond donors (Lipinski definition) is 1. The van der Waals surface area contributed by atoms with Gasteiger partial charge >= 0.3 is 6.36 Å². The Morgan fingerprint density at radius 2 is 2.10 bits per heavy atom. The summed E-state index contributed by atoms with van der Waals surface area (Å²) in [7, 11) is 0. The molecule has 1 N–H and O–H groups in total. The lowest BCUT2D eigenvalue weighted by atomic mass is 10.1. The van der Waals surface area contributed by atoms with E-state index < -0.39 is 6.36 Å². The molecule has 0 spiro atoms. The van der Waals surface area contributed by atoms with Gasteiger partial charge in [-0.05, 0) is 64.8 Å². The number of rotatable bonds is 5. The van der Waals surface area contributed by atoms with Crippen molar-refractivity contribution in [2.75, 3.05) is 6.54 Å². The molecule has 2 nitrogen and oxygen atoms in total. The first-order chi connectivity index (χ1) is 9.83. The average Bonchev–Trinajstić information content (AvgIpc) is 2.77. The van der Waals surface area contributed by atoms with Gasteiger partial charge in [-0.25, -0.2) is 0 Å². The van der Waals surface area contributed by atoms with Crippen LogP contribution in [-0.2, 0) is 6.54 Å². The van der Waals surface area contributed by atoms with Gasteiger partial charge in [-0.15, -0.1) is 13.2 Å². The van der Waals surface area contributed by atoms with Crippen LogP contribution < -0.4 is 10.1 Å². The normalized spacial score (nSPS) is 22.5. The minimum atomic E-state index is -4.67. The van der Waals surface area contributed by atoms with Crippen LogP contribution in [0.15, 0.2) is 22.7 Å². The van der Waals surface area contributed by atoms with E-state index in [0.29, 0.717) is 11.0 Å². The minimum absolute atomic E-state index is 0.212. The van der Waals surface area contributed by atoms with Gasteiger partial charge in [0.2, 0.25) is 0 Å². The third kappa shape index (κ3) is 5.51. The number of nitrogens with one attached hydrogen (secondary N) is 1. The summed E-state index contributed by atoms with van der Waals surface area (Å²) in [5.41, 5.74) is 0.933. The average molecular weight is 366 g/mol. The van der Waals surface area contributed by atoms with Crippen LogP contribution in [0.5, 0.6) is 5.75 Å². The molecule has 0 radical (unpaired) electrons. The molecule has 1 aliphatic rings. The maximum atomic E-state index is 12.2. The van der Waals surface area contributed by atoms with Gasteiger partial charge in [-0.3, -0.25) is 0 Å². The molecule has 0 amide bonds. The molecule has 2 rings (SSSR count). The van der Waals surface area contributed by atoms with Crippen LogP contribution in [0.25, 0.3) is 0 Å². The quantitative estimate of drug-likeness (QED) is 0.803. The van der Waals surface area contributed by atoms with Crippen molar-refractivity contribution >= 4 is 15.9 Å². The Morgan fingerprint density at radius 3 is 2.67 bits per heavy atom. The van der Waals surface area contributed by atoms with E-state index in [1.165, 1.54) is 25.3 Å². The summed E-state index contributed by atoms with van der Waals surface area (Å²) in [6.07, 6.45) is -0.853. The molecule has 1 aromatic rings. The molecule has 1 aromatic carbocycles. The zero-order chi connectivity index (χ0) is 15.5. The Balaban J connectivity index is 1.83. The molecule has 2 atom stereocenters. The maximum Gasteiger partial charge on any atom is 0.573 e. The fourth-order valence-electron chi connectivity index (χ4n) is 2.79. The molecule has 0 aliphatic heterocycles. The zero-order valence-electron chi connectivity index (χ0n) is 11.8. The summed E-state index contributed by atoms with van der Waals surface area (Å²) in [5, 5.41) is 3.38. The predicted molar refractivity (Wildman–Crippen MR) is 79.0 cm³/mol. The Hall–Kier alpha value is -0.750. The number of alkyl halides is 3. The number of hydrogen-bond acceptors (Lipinski definition) is 2. The van der Waals surface area contributed by atoms with Gasteiger partial charge in [0.15, 0.2) is 0 Å². The van der Waals surface area contributed by atoms with Crippen molar-refractivity contribution in [3.63, 3.8) is 0 Å². The van der Waals surface area contributed by atoms with Gasteiger partial charge in [0.05, 0.1) is 4.47 Å². The van der Waals surface area contributed by atoms with Crippen LogP contribution in [0.2, 0.25) is 0 Å². The second-order valence-corrected chi connectivity index (χ2v) is 6.58. The van der Waals surface area contributed by atoms with E-state index in [-0.39, 0.29) is 5.75 Å². The molecule has 6 heteroatoms. The lowest BCUT2D eigenvalue weighted by molar-refractivity contribution is -0.274. The highest BCUT2D eigenvalue weighted by Crippen LogP contribution is 2.31. The fraction of sp³-hybridized carbons (Fsp3) is 0.600. The smallest absolute Gasteiger partial charge is 0.405 e. The minimum Gasteiger partial charge on any atom is -0.405 e. The SMILES string of the molecule is CC1CCC(CNCc2ccc(OC(F)(F)F)c(Br)c2)C1. The van der Waals surface area contributed by atoms with E-state index in [2.05, 4.69) is 32.9 Å². The van der Waals surface area contributed by atoms with E-state index in [4.69, 9.17) is 0 Å². The zero-order valence-corrected chi connectivity index (χ0v) is 13.4. The van der Waals surface area contributed by atoms with Crippen molar-refractivity contribution in [1.29, 1.82) is 0 Å². The summed E-state index contributed by atoms with van der Waals surface area (Å²) < 4.78 is 40.8. The van der Waals surface area contributed by atoms with Crippen LogP contribution in [0, 0.1) is 11.8 Å². The molecule has 0 bridgehead atoms. The van der Waals surface area contributed by atoms with Crippen molar-refractivity contribution in [2.24, 2.45) is 11.8 Å². The van der Waals surface area contributed by atoms with Crippen molar-refractivity contribution in [3.8, 4) is 5.75 Å². The van der Waals surface area contributed by atoms with Crippen molar-refractivity contribution in [2.45, 2.75) is 39.1 Å². The van der Waals surface area contributed by atoms with Gasteiger partial charge in [-0.1, -0.05) is 19.4 Å². The second kappa shape index (κ2) is 7.01. The van der Waals surface area contributed by atoms with Crippen molar-refractivity contribution in [3.05, 3.63) is 28.2 Å². The maximum absolute atomic E-state index is 12.2. The fourth-order valence-corrected chi connectivity index (χ4v) is 3.30. The highest BCUT2D eigenvalue weighted by Gasteiger charge is 2.31. The number of halogens is 4. The molecule has 0 heterocycles. The first kappa shape index (κ1) is 16.6. The molecular formula is C15H19BrF3NO. The molecule has 0 aromatic heterocycles. The van der Waals surface area contributed by atoms with E-state index in [1.54, 1.807) is 12.1 Å². The van der Waals surface area contributed by atoms with Crippen LogP contribution in [0.4, 0.5) is 13.2 Å². The first-order valence-corrected chi connectivity index (χ1v) is 7.87. The van der Waals surface area contributed by atoms with Crippen molar-refractivity contribution < 1.29 is 17.9 Å². The molecular weight excluding hydrogens is 347 g/mol. The lowest BCUT2D eigenvalue weighted by Gasteiger charge is -2.13. The number of benzene rings is 1. The number of ether oxygens (including phenoxy) is 1. The van der Waals surface area contributed by atoms with E-state index in [1.807, 2.05) is 0 Å². The van der Waals surface area contributed by atoms with E-state index >= 15 is 0 Å². The third-order valence-electron chi connectivity index (χ3n) is 3.79. The summed E-state index contributed by atoms with van der Waals surface area (Å²) in [6, 6.07) is 4.65. The third-order valence-corrected chi connectivity index (χ3v) is 4.41. The topological polar surface area (TPSA) is 21.3 Å². The Kier molecular flexibility index (Phi) is 5.54. The highest BCUT2D eigenvalue weighted by molar-refractivity contribution is 9.10. The van der Waals surface area contributed by atoms with Gasteiger partial charge in [0, 0.05) is 6.54 Å². The van der Waals surface area contributed by atoms with E-state index in [0.717, 1.165) is 23.9 Å². The molecule has 1 fully saturated rings. The van der Waals surface area contributed by atoms with Crippen molar-refractivity contribution in [1.82, 2.24) is 5.32 Å². The second-order valence-electron chi connectivity index (χ2n) is 5.73. The molecule has 1 aliphatic carbocycles. The monoisotopic (exact) mass is 365 g/mol.